The molecule has 3 rings (SSSR count). The number of amides is 1. The largest absolute Gasteiger partial charge is 0.494 e. The van der Waals surface area contributed by atoms with Gasteiger partial charge in [-0.25, -0.2) is 0 Å². The lowest BCUT2D eigenvalue weighted by Crippen LogP contribution is -2.22. The minimum Gasteiger partial charge on any atom is -0.494 e. The van der Waals surface area contributed by atoms with Crippen LogP contribution in [0.1, 0.15) is 17.2 Å². The van der Waals surface area contributed by atoms with Gasteiger partial charge >= 0.3 is 0 Å². The van der Waals surface area contributed by atoms with E-state index in [-0.39, 0.29) is 11.2 Å². The van der Waals surface area contributed by atoms with Crippen LogP contribution < -0.4 is 10.1 Å². The van der Waals surface area contributed by atoms with E-state index >= 15 is 0 Å². The van der Waals surface area contributed by atoms with Crippen LogP contribution >= 0.6 is 23.4 Å². The van der Waals surface area contributed by atoms with E-state index in [1.807, 2.05) is 48.5 Å². The maximum absolute atomic E-state index is 12.3. The number of hydrogen-bond acceptors (Lipinski definition) is 3. The summed E-state index contributed by atoms with van der Waals surface area (Å²) in [6.07, 6.45) is 0.820. The summed E-state index contributed by atoms with van der Waals surface area (Å²) < 4.78 is 5.58. The fraction of sp³-hybridized carbons (Fsp3) is 0.235. The number of hydrogen-bond donors (Lipinski definition) is 1. The number of halogens is 1. The summed E-state index contributed by atoms with van der Waals surface area (Å²) in [5.74, 6) is 1.41. The normalized spacial score (nSPS) is 16.8. The molecule has 2 aromatic rings. The molecule has 1 N–H and O–H groups in total. The Morgan fingerprint density at radius 3 is 2.68 bits per heavy atom. The van der Waals surface area contributed by atoms with Crippen molar-refractivity contribution in [1.82, 2.24) is 0 Å². The Bertz CT molecular complexity index is 660. The van der Waals surface area contributed by atoms with Gasteiger partial charge in [0.1, 0.15) is 11.0 Å². The molecule has 0 radical (unpaired) electrons. The van der Waals surface area contributed by atoms with Crippen molar-refractivity contribution in [1.29, 1.82) is 0 Å². The molecule has 0 aromatic heterocycles. The molecule has 1 aliphatic heterocycles. The van der Waals surface area contributed by atoms with Gasteiger partial charge in [-0.2, -0.15) is 0 Å². The van der Waals surface area contributed by atoms with Gasteiger partial charge in [0.25, 0.3) is 0 Å². The molecular weight excluding hydrogens is 318 g/mol. The second-order valence-electron chi connectivity index (χ2n) is 4.94. The van der Waals surface area contributed by atoms with Gasteiger partial charge in [-0.3, -0.25) is 4.79 Å². The highest BCUT2D eigenvalue weighted by molar-refractivity contribution is 8.00. The molecule has 0 fully saturated rings. The van der Waals surface area contributed by atoms with E-state index in [0.717, 1.165) is 28.3 Å². The summed E-state index contributed by atoms with van der Waals surface area (Å²) in [4.78, 5) is 13.4. The molecular formula is C17H16ClNO2S. The number of para-hydroxylation sites is 1. The summed E-state index contributed by atoms with van der Waals surface area (Å²) in [7, 11) is 0. The first-order valence-corrected chi connectivity index (χ1v) is 8.54. The Labute approximate surface area is 139 Å². The molecule has 1 aliphatic rings. The van der Waals surface area contributed by atoms with Crippen LogP contribution in [0.2, 0.25) is 0 Å². The van der Waals surface area contributed by atoms with Gasteiger partial charge in [-0.1, -0.05) is 24.3 Å². The molecule has 1 amide bonds. The van der Waals surface area contributed by atoms with Crippen molar-refractivity contribution in [3.8, 4) is 5.75 Å². The second kappa shape index (κ2) is 7.07. The molecule has 1 atom stereocenters. The monoisotopic (exact) mass is 333 g/mol. The number of rotatable bonds is 5. The standard InChI is InChI=1S/C17H16ClNO2S/c18-10-3-11-21-13-8-6-12(7-9-13)16-17(20)19-14-4-1-2-5-15(14)22-16/h1-2,4-9,16H,3,10-11H2,(H,19,20). The summed E-state index contributed by atoms with van der Waals surface area (Å²) in [5.41, 5.74) is 1.86. The lowest BCUT2D eigenvalue weighted by Gasteiger charge is -2.24. The molecule has 114 valence electrons. The number of ether oxygens (including phenoxy) is 1. The van der Waals surface area contributed by atoms with Crippen LogP contribution in [0.15, 0.2) is 53.4 Å². The third-order valence-corrected chi connectivity index (χ3v) is 4.96. The average Bonchev–Trinajstić information content (AvgIpc) is 2.55. The van der Waals surface area contributed by atoms with Gasteiger partial charge < -0.3 is 10.1 Å². The van der Waals surface area contributed by atoms with E-state index < -0.39 is 0 Å². The zero-order valence-electron chi connectivity index (χ0n) is 11.9. The van der Waals surface area contributed by atoms with Crippen molar-refractivity contribution in [2.75, 3.05) is 17.8 Å². The van der Waals surface area contributed by atoms with Crippen molar-refractivity contribution >= 4 is 35.0 Å². The molecule has 3 nitrogen and oxygen atoms in total. The fourth-order valence-electron chi connectivity index (χ4n) is 2.25. The third kappa shape index (κ3) is 3.39. The molecule has 22 heavy (non-hydrogen) atoms. The SMILES string of the molecule is O=C1Nc2ccccc2SC1c1ccc(OCCCCl)cc1. The van der Waals surface area contributed by atoms with Crippen molar-refractivity contribution in [2.45, 2.75) is 16.6 Å². The van der Waals surface area contributed by atoms with E-state index in [1.54, 1.807) is 11.8 Å². The Balaban J connectivity index is 1.73. The van der Waals surface area contributed by atoms with Crippen LogP contribution in [0.25, 0.3) is 0 Å². The van der Waals surface area contributed by atoms with Crippen LogP contribution in [-0.4, -0.2) is 18.4 Å². The minimum absolute atomic E-state index is 0.0134. The summed E-state index contributed by atoms with van der Waals surface area (Å²) in [6.45, 7) is 0.606. The third-order valence-electron chi connectivity index (χ3n) is 3.36. The minimum atomic E-state index is -0.230. The smallest absolute Gasteiger partial charge is 0.242 e. The second-order valence-corrected chi connectivity index (χ2v) is 6.47. The predicted molar refractivity (Wildman–Crippen MR) is 90.9 cm³/mol. The Hall–Kier alpha value is -1.65. The van der Waals surface area contributed by atoms with Crippen molar-refractivity contribution in [2.24, 2.45) is 0 Å². The molecule has 1 heterocycles. The topological polar surface area (TPSA) is 38.3 Å². The molecule has 2 aromatic carbocycles. The van der Waals surface area contributed by atoms with Crippen molar-refractivity contribution in [3.05, 3.63) is 54.1 Å². The molecule has 0 bridgehead atoms. The van der Waals surface area contributed by atoms with Crippen LogP contribution in [0.3, 0.4) is 0 Å². The maximum atomic E-state index is 12.3. The number of alkyl halides is 1. The molecule has 0 saturated heterocycles. The molecule has 1 unspecified atom stereocenters. The van der Waals surface area contributed by atoms with Crippen LogP contribution in [-0.2, 0) is 4.79 Å². The van der Waals surface area contributed by atoms with Gasteiger partial charge in [0, 0.05) is 10.8 Å². The summed E-state index contributed by atoms with van der Waals surface area (Å²) >= 11 is 7.20. The van der Waals surface area contributed by atoms with Gasteiger partial charge in [0.05, 0.1) is 12.3 Å². The lowest BCUT2D eigenvalue weighted by molar-refractivity contribution is -0.115. The van der Waals surface area contributed by atoms with E-state index in [9.17, 15) is 4.79 Å². The van der Waals surface area contributed by atoms with E-state index in [0.29, 0.717) is 12.5 Å². The Morgan fingerprint density at radius 2 is 1.91 bits per heavy atom. The number of anilines is 1. The lowest BCUT2D eigenvalue weighted by atomic mass is 10.1. The first-order valence-electron chi connectivity index (χ1n) is 7.13. The number of carbonyl (C=O) groups is 1. The highest BCUT2D eigenvalue weighted by Crippen LogP contribution is 2.43. The average molecular weight is 334 g/mol. The van der Waals surface area contributed by atoms with Gasteiger partial charge in [-0.05, 0) is 36.2 Å². The molecule has 5 heteroatoms. The molecule has 0 saturated carbocycles. The molecule has 0 aliphatic carbocycles. The first kappa shape index (κ1) is 15.3. The van der Waals surface area contributed by atoms with E-state index in [1.165, 1.54) is 0 Å². The Kier molecular flexibility index (Phi) is 4.90. The Morgan fingerprint density at radius 1 is 1.14 bits per heavy atom. The number of benzene rings is 2. The van der Waals surface area contributed by atoms with Gasteiger partial charge in [0.2, 0.25) is 5.91 Å². The van der Waals surface area contributed by atoms with Crippen LogP contribution in [0.4, 0.5) is 5.69 Å². The fourth-order valence-corrected chi connectivity index (χ4v) is 3.48. The summed E-state index contributed by atoms with van der Waals surface area (Å²) in [6, 6.07) is 15.5. The number of nitrogens with one attached hydrogen (secondary N) is 1. The highest BCUT2D eigenvalue weighted by atomic mass is 35.5. The number of thioether (sulfide) groups is 1. The highest BCUT2D eigenvalue weighted by Gasteiger charge is 2.28. The van der Waals surface area contributed by atoms with E-state index in [4.69, 9.17) is 16.3 Å². The number of fused-ring (bicyclic) bond motifs is 1. The number of carbonyl (C=O) groups excluding carboxylic acids is 1. The van der Waals surface area contributed by atoms with Crippen LogP contribution in [0, 0.1) is 0 Å². The van der Waals surface area contributed by atoms with Crippen molar-refractivity contribution < 1.29 is 9.53 Å². The first-order chi connectivity index (χ1) is 10.8. The zero-order chi connectivity index (χ0) is 15.4. The predicted octanol–water partition coefficient (Wildman–Crippen LogP) is 4.48. The quantitative estimate of drug-likeness (QED) is 0.647. The summed E-state index contributed by atoms with van der Waals surface area (Å²) in [5, 5.41) is 2.73. The van der Waals surface area contributed by atoms with Gasteiger partial charge in [0.15, 0.2) is 0 Å². The van der Waals surface area contributed by atoms with Crippen LogP contribution in [0.5, 0.6) is 5.75 Å². The maximum Gasteiger partial charge on any atom is 0.242 e. The zero-order valence-corrected chi connectivity index (χ0v) is 13.5. The molecule has 0 spiro atoms. The van der Waals surface area contributed by atoms with Gasteiger partial charge in [-0.15, -0.1) is 23.4 Å². The van der Waals surface area contributed by atoms with E-state index in [2.05, 4.69) is 5.32 Å². The van der Waals surface area contributed by atoms with Crippen molar-refractivity contribution in [3.63, 3.8) is 0 Å².